The van der Waals surface area contributed by atoms with Crippen LogP contribution in [0.5, 0.6) is 5.75 Å². The Kier molecular flexibility index (Phi) is 6.26. The van der Waals surface area contributed by atoms with Crippen LogP contribution in [0.25, 0.3) is 0 Å². The van der Waals surface area contributed by atoms with Gasteiger partial charge in [0.15, 0.2) is 6.10 Å². The number of aliphatic carboxylic acids is 1. The molecule has 0 fully saturated rings. The van der Waals surface area contributed by atoms with E-state index in [2.05, 4.69) is 26.6 Å². The number of methoxy groups -OCH3 is 1. The van der Waals surface area contributed by atoms with Crippen molar-refractivity contribution >= 4 is 33.6 Å². The van der Waals surface area contributed by atoms with Crippen molar-refractivity contribution in [1.29, 1.82) is 0 Å². The predicted octanol–water partition coefficient (Wildman–Crippen LogP) is 1.41. The number of urea groups is 1. The third kappa shape index (κ3) is 5.06. The van der Waals surface area contributed by atoms with E-state index >= 15 is 0 Å². The number of ether oxygens (including phenoxy) is 1. The second-order valence-corrected chi connectivity index (χ2v) is 4.73. The molecule has 0 saturated heterocycles. The van der Waals surface area contributed by atoms with Gasteiger partial charge < -0.3 is 25.6 Å². The number of carboxylic acid groups (broad SMARTS) is 1. The molecule has 7 nitrogen and oxygen atoms in total. The normalized spacial score (nSPS) is 11.6. The number of anilines is 1. The zero-order valence-corrected chi connectivity index (χ0v) is 12.3. The van der Waals surface area contributed by atoms with Crippen LogP contribution in [0.1, 0.15) is 6.42 Å². The minimum Gasteiger partial charge on any atom is -0.495 e. The van der Waals surface area contributed by atoms with Gasteiger partial charge in [-0.3, -0.25) is 0 Å². The summed E-state index contributed by atoms with van der Waals surface area (Å²) in [5, 5.41) is 22.5. The van der Waals surface area contributed by atoms with Gasteiger partial charge >= 0.3 is 12.0 Å². The maximum atomic E-state index is 11.5. The molecular formula is C12H15BrN2O5. The Hall–Kier alpha value is -1.80. The zero-order valence-electron chi connectivity index (χ0n) is 10.7. The number of rotatable bonds is 6. The molecule has 1 aromatic carbocycles. The summed E-state index contributed by atoms with van der Waals surface area (Å²) < 4.78 is 5.85. The lowest BCUT2D eigenvalue weighted by atomic mass is 10.2. The lowest BCUT2D eigenvalue weighted by molar-refractivity contribution is -0.146. The molecule has 0 spiro atoms. The minimum atomic E-state index is -1.48. The maximum absolute atomic E-state index is 11.5. The first-order valence-electron chi connectivity index (χ1n) is 5.73. The van der Waals surface area contributed by atoms with Crippen molar-refractivity contribution in [2.45, 2.75) is 12.5 Å². The van der Waals surface area contributed by atoms with Crippen LogP contribution in [0.2, 0.25) is 0 Å². The van der Waals surface area contributed by atoms with Crippen LogP contribution in [0, 0.1) is 0 Å². The van der Waals surface area contributed by atoms with Crippen LogP contribution in [0.4, 0.5) is 10.5 Å². The highest BCUT2D eigenvalue weighted by atomic mass is 79.9. The van der Waals surface area contributed by atoms with Gasteiger partial charge in [0.2, 0.25) is 0 Å². The van der Waals surface area contributed by atoms with E-state index in [0.717, 1.165) is 4.47 Å². The van der Waals surface area contributed by atoms with E-state index in [1.165, 1.54) is 7.11 Å². The van der Waals surface area contributed by atoms with Gasteiger partial charge in [0.1, 0.15) is 5.75 Å². The largest absolute Gasteiger partial charge is 0.495 e. The van der Waals surface area contributed by atoms with Crippen LogP contribution in [0.15, 0.2) is 22.7 Å². The van der Waals surface area contributed by atoms with Crippen LogP contribution in [-0.2, 0) is 4.79 Å². The number of hydrogen-bond acceptors (Lipinski definition) is 4. The van der Waals surface area contributed by atoms with Crippen molar-refractivity contribution in [1.82, 2.24) is 5.32 Å². The zero-order chi connectivity index (χ0) is 15.1. The second-order valence-electron chi connectivity index (χ2n) is 3.87. The number of halogens is 1. The van der Waals surface area contributed by atoms with Gasteiger partial charge in [-0.25, -0.2) is 9.59 Å². The number of carbonyl (C=O) groups is 2. The van der Waals surface area contributed by atoms with E-state index in [4.69, 9.17) is 14.9 Å². The summed E-state index contributed by atoms with van der Waals surface area (Å²) in [6.45, 7) is 0.0486. The molecule has 0 radical (unpaired) electrons. The molecule has 0 aliphatic carbocycles. The highest BCUT2D eigenvalue weighted by Gasteiger charge is 2.13. The summed E-state index contributed by atoms with van der Waals surface area (Å²) in [5.74, 6) is -0.742. The number of nitrogens with one attached hydrogen (secondary N) is 2. The Morgan fingerprint density at radius 2 is 2.15 bits per heavy atom. The first-order chi connectivity index (χ1) is 9.43. The summed E-state index contributed by atoms with van der Waals surface area (Å²) in [6.07, 6.45) is -1.55. The first-order valence-corrected chi connectivity index (χ1v) is 6.52. The fraction of sp³-hybridized carbons (Fsp3) is 0.333. The Bertz CT molecular complexity index is 495. The molecule has 1 atom stereocenters. The van der Waals surface area contributed by atoms with E-state index < -0.39 is 18.1 Å². The van der Waals surface area contributed by atoms with Crippen LogP contribution < -0.4 is 15.4 Å². The standard InChI is InChI=1S/C12H15BrN2O5/c1-20-10-6-7(2-3-8(10)13)15-12(19)14-5-4-9(16)11(17)18/h2-3,6,9,16H,4-5H2,1H3,(H,17,18)(H2,14,15,19)/t9-/m0/s1. The summed E-state index contributed by atoms with van der Waals surface area (Å²) in [6, 6.07) is 4.54. The molecule has 0 bridgehead atoms. The van der Waals surface area contributed by atoms with E-state index in [0.29, 0.717) is 11.4 Å². The minimum absolute atomic E-state index is 0.0486. The van der Waals surface area contributed by atoms with E-state index in [1.54, 1.807) is 18.2 Å². The molecule has 2 amide bonds. The Morgan fingerprint density at radius 3 is 2.75 bits per heavy atom. The molecule has 110 valence electrons. The predicted molar refractivity (Wildman–Crippen MR) is 76.0 cm³/mol. The third-order valence-electron chi connectivity index (χ3n) is 2.40. The molecule has 0 heterocycles. The van der Waals surface area contributed by atoms with Crippen LogP contribution in [-0.4, -0.2) is 42.0 Å². The van der Waals surface area contributed by atoms with E-state index in [9.17, 15) is 9.59 Å². The van der Waals surface area contributed by atoms with Crippen molar-refractivity contribution in [2.24, 2.45) is 0 Å². The average Bonchev–Trinajstić information content (AvgIpc) is 2.40. The maximum Gasteiger partial charge on any atom is 0.332 e. The fourth-order valence-electron chi connectivity index (χ4n) is 1.36. The second kappa shape index (κ2) is 7.71. The molecule has 1 aromatic rings. The van der Waals surface area contributed by atoms with Gasteiger partial charge in [-0.1, -0.05) is 0 Å². The molecule has 1 rings (SSSR count). The molecule has 0 aliphatic rings. The van der Waals surface area contributed by atoms with Gasteiger partial charge in [-0.2, -0.15) is 0 Å². The Morgan fingerprint density at radius 1 is 1.45 bits per heavy atom. The lowest BCUT2D eigenvalue weighted by Crippen LogP contribution is -2.33. The topological polar surface area (TPSA) is 108 Å². The molecule has 0 aliphatic heterocycles. The summed E-state index contributed by atoms with van der Waals surface area (Å²) >= 11 is 3.29. The third-order valence-corrected chi connectivity index (χ3v) is 3.05. The van der Waals surface area contributed by atoms with Crippen molar-refractivity contribution in [2.75, 3.05) is 19.0 Å². The lowest BCUT2D eigenvalue weighted by Gasteiger charge is -2.10. The van der Waals surface area contributed by atoms with Gasteiger partial charge in [0.25, 0.3) is 0 Å². The number of carbonyl (C=O) groups excluding carboxylic acids is 1. The van der Waals surface area contributed by atoms with E-state index in [-0.39, 0.29) is 13.0 Å². The molecular weight excluding hydrogens is 332 g/mol. The summed E-state index contributed by atoms with van der Waals surface area (Å²) in [4.78, 5) is 21.9. The van der Waals surface area contributed by atoms with Crippen molar-refractivity contribution < 1.29 is 24.5 Å². The first kappa shape index (κ1) is 16.3. The number of aliphatic hydroxyl groups is 1. The molecule has 4 N–H and O–H groups in total. The highest BCUT2D eigenvalue weighted by molar-refractivity contribution is 9.10. The Labute approximate surface area is 124 Å². The molecule has 8 heteroatoms. The van der Waals surface area contributed by atoms with Gasteiger partial charge in [0.05, 0.1) is 11.6 Å². The number of amides is 2. The number of carboxylic acids is 1. The molecule has 0 saturated carbocycles. The van der Waals surface area contributed by atoms with E-state index in [1.807, 2.05) is 0 Å². The monoisotopic (exact) mass is 346 g/mol. The quantitative estimate of drug-likeness (QED) is 0.622. The average molecular weight is 347 g/mol. The molecule has 0 aromatic heterocycles. The Balaban J connectivity index is 2.44. The fourth-order valence-corrected chi connectivity index (χ4v) is 1.77. The molecule has 0 unspecified atom stereocenters. The van der Waals surface area contributed by atoms with Gasteiger partial charge in [-0.05, 0) is 28.1 Å². The number of benzene rings is 1. The van der Waals surface area contributed by atoms with Crippen molar-refractivity contribution in [3.8, 4) is 5.75 Å². The SMILES string of the molecule is COc1cc(NC(=O)NCC[C@H](O)C(=O)O)ccc1Br. The number of aliphatic hydroxyl groups excluding tert-OH is 1. The smallest absolute Gasteiger partial charge is 0.332 e. The number of hydrogen-bond donors (Lipinski definition) is 4. The van der Waals surface area contributed by atoms with Gasteiger partial charge in [-0.15, -0.1) is 0 Å². The summed E-state index contributed by atoms with van der Waals surface area (Å²) in [7, 11) is 1.51. The van der Waals surface area contributed by atoms with Crippen LogP contribution >= 0.6 is 15.9 Å². The highest BCUT2D eigenvalue weighted by Crippen LogP contribution is 2.27. The van der Waals surface area contributed by atoms with Crippen LogP contribution in [0.3, 0.4) is 0 Å². The summed E-state index contributed by atoms with van der Waals surface area (Å²) in [5.41, 5.74) is 0.529. The van der Waals surface area contributed by atoms with Crippen molar-refractivity contribution in [3.63, 3.8) is 0 Å². The molecule has 20 heavy (non-hydrogen) atoms. The van der Waals surface area contributed by atoms with Gasteiger partial charge in [0, 0.05) is 24.7 Å². The van der Waals surface area contributed by atoms with Crippen molar-refractivity contribution in [3.05, 3.63) is 22.7 Å².